The second-order valence-electron chi connectivity index (χ2n) is 7.85. The normalized spacial score (nSPS) is 11.4. The van der Waals surface area contributed by atoms with Gasteiger partial charge in [-0.05, 0) is 44.5 Å². The van der Waals surface area contributed by atoms with Gasteiger partial charge < -0.3 is 14.6 Å². The summed E-state index contributed by atoms with van der Waals surface area (Å²) in [7, 11) is 1.63. The average molecular weight is 412 g/mol. The molecule has 1 heterocycles. The number of oxazole rings is 1. The maximum absolute atomic E-state index is 12.9. The number of rotatable bonds is 6. The summed E-state index contributed by atoms with van der Waals surface area (Å²) in [5.41, 5.74) is 2.65. The molecular weight excluding hydrogens is 386 g/mol. The third-order valence-electron chi connectivity index (χ3n) is 4.12. The summed E-state index contributed by atoms with van der Waals surface area (Å²) >= 11 is 1.44. The van der Waals surface area contributed by atoms with E-state index in [1.807, 2.05) is 63.2 Å². The summed E-state index contributed by atoms with van der Waals surface area (Å²) < 4.78 is 5.74. The van der Waals surface area contributed by atoms with Gasteiger partial charge in [0.1, 0.15) is 5.52 Å². The molecule has 3 rings (SSSR count). The number of benzene rings is 2. The molecule has 3 aromatic rings. The Labute approximate surface area is 174 Å². The van der Waals surface area contributed by atoms with Crippen molar-refractivity contribution in [3.63, 3.8) is 0 Å². The predicted octanol–water partition coefficient (Wildman–Crippen LogP) is 4.11. The molecule has 6 nitrogen and oxygen atoms in total. The van der Waals surface area contributed by atoms with E-state index >= 15 is 0 Å². The van der Waals surface area contributed by atoms with E-state index in [4.69, 9.17) is 4.42 Å². The standard InChI is InChI=1S/C22H25N3O3S/c1-22(2,3)24-19(26)13-25(4)20(27)16-10-6-5-9-15(16)14-29-21-23-17-11-7-8-12-18(17)28-21/h5-12H,13-14H2,1-4H3,(H,24,26). The summed E-state index contributed by atoms with van der Waals surface area (Å²) in [6.07, 6.45) is 0. The van der Waals surface area contributed by atoms with E-state index in [1.165, 1.54) is 16.7 Å². The second kappa shape index (κ2) is 8.69. The molecule has 0 unspecified atom stereocenters. The summed E-state index contributed by atoms with van der Waals surface area (Å²) in [4.78, 5) is 31.0. The van der Waals surface area contributed by atoms with Gasteiger partial charge in [0.25, 0.3) is 11.1 Å². The number of aromatic nitrogens is 1. The Bertz CT molecular complexity index is 990. The summed E-state index contributed by atoms with van der Waals surface area (Å²) in [5.74, 6) is 0.158. The molecule has 29 heavy (non-hydrogen) atoms. The van der Waals surface area contributed by atoms with E-state index < -0.39 is 0 Å². The molecule has 0 aliphatic carbocycles. The Morgan fingerprint density at radius 1 is 1.10 bits per heavy atom. The Morgan fingerprint density at radius 2 is 1.79 bits per heavy atom. The van der Waals surface area contributed by atoms with Crippen LogP contribution in [0, 0.1) is 0 Å². The van der Waals surface area contributed by atoms with E-state index in [-0.39, 0.29) is 23.9 Å². The largest absolute Gasteiger partial charge is 0.431 e. The average Bonchev–Trinajstić information content (AvgIpc) is 3.07. The first-order valence-corrected chi connectivity index (χ1v) is 10.3. The minimum atomic E-state index is -0.338. The van der Waals surface area contributed by atoms with Crippen LogP contribution in [0.4, 0.5) is 0 Å². The number of fused-ring (bicyclic) bond motifs is 1. The molecule has 0 radical (unpaired) electrons. The van der Waals surface area contributed by atoms with Gasteiger partial charge in [-0.1, -0.05) is 42.1 Å². The molecule has 0 saturated heterocycles. The van der Waals surface area contributed by atoms with Gasteiger partial charge in [0, 0.05) is 23.9 Å². The van der Waals surface area contributed by atoms with Crippen LogP contribution in [-0.4, -0.2) is 40.8 Å². The molecule has 0 atom stereocenters. The fourth-order valence-electron chi connectivity index (χ4n) is 2.86. The predicted molar refractivity (Wildman–Crippen MR) is 115 cm³/mol. The number of carbonyl (C=O) groups excluding carboxylic acids is 2. The van der Waals surface area contributed by atoms with Crippen molar-refractivity contribution in [1.82, 2.24) is 15.2 Å². The fraction of sp³-hybridized carbons (Fsp3) is 0.318. The first-order valence-electron chi connectivity index (χ1n) is 9.36. The number of hydrogen-bond donors (Lipinski definition) is 1. The van der Waals surface area contributed by atoms with Gasteiger partial charge in [-0.3, -0.25) is 9.59 Å². The first kappa shape index (κ1) is 20.9. The lowest BCUT2D eigenvalue weighted by Crippen LogP contribution is -2.46. The highest BCUT2D eigenvalue weighted by Crippen LogP contribution is 2.27. The van der Waals surface area contributed by atoms with Crippen LogP contribution >= 0.6 is 11.8 Å². The second-order valence-corrected chi connectivity index (χ2v) is 8.78. The van der Waals surface area contributed by atoms with E-state index in [0.29, 0.717) is 16.5 Å². The number of hydrogen-bond acceptors (Lipinski definition) is 5. The molecule has 0 aliphatic rings. The fourth-order valence-corrected chi connectivity index (χ4v) is 3.70. The van der Waals surface area contributed by atoms with Crippen molar-refractivity contribution in [2.24, 2.45) is 0 Å². The quantitative estimate of drug-likeness (QED) is 0.618. The minimum absolute atomic E-state index is 0.00269. The molecular formula is C22H25N3O3S. The SMILES string of the molecule is CN(CC(=O)NC(C)(C)C)C(=O)c1ccccc1CSc1nc2ccccc2o1. The van der Waals surface area contributed by atoms with Crippen LogP contribution in [0.1, 0.15) is 36.7 Å². The van der Waals surface area contributed by atoms with Gasteiger partial charge >= 0.3 is 0 Å². The van der Waals surface area contributed by atoms with Gasteiger partial charge in [0.2, 0.25) is 5.91 Å². The van der Waals surface area contributed by atoms with Crippen molar-refractivity contribution >= 4 is 34.7 Å². The lowest BCUT2D eigenvalue weighted by molar-refractivity contribution is -0.122. The zero-order chi connectivity index (χ0) is 21.0. The van der Waals surface area contributed by atoms with Crippen LogP contribution in [0.25, 0.3) is 11.1 Å². The maximum atomic E-state index is 12.9. The number of nitrogens with one attached hydrogen (secondary N) is 1. The Morgan fingerprint density at radius 3 is 2.52 bits per heavy atom. The smallest absolute Gasteiger partial charge is 0.257 e. The Hall–Kier alpha value is -2.80. The molecule has 1 N–H and O–H groups in total. The van der Waals surface area contributed by atoms with Crippen molar-refractivity contribution in [3.05, 3.63) is 59.7 Å². The van der Waals surface area contributed by atoms with E-state index in [1.54, 1.807) is 13.1 Å². The van der Waals surface area contributed by atoms with Crippen molar-refractivity contribution in [1.29, 1.82) is 0 Å². The maximum Gasteiger partial charge on any atom is 0.257 e. The molecule has 2 amide bonds. The number of para-hydroxylation sites is 2. The highest BCUT2D eigenvalue weighted by Gasteiger charge is 2.20. The zero-order valence-electron chi connectivity index (χ0n) is 17.1. The summed E-state index contributed by atoms with van der Waals surface area (Å²) in [6.45, 7) is 5.73. The van der Waals surface area contributed by atoms with Crippen LogP contribution in [0.15, 0.2) is 58.2 Å². The monoisotopic (exact) mass is 411 g/mol. The van der Waals surface area contributed by atoms with Crippen molar-refractivity contribution in [2.75, 3.05) is 13.6 Å². The van der Waals surface area contributed by atoms with E-state index in [2.05, 4.69) is 10.3 Å². The van der Waals surface area contributed by atoms with Crippen molar-refractivity contribution < 1.29 is 14.0 Å². The number of nitrogens with zero attached hydrogens (tertiary/aromatic N) is 2. The lowest BCUT2D eigenvalue weighted by atomic mass is 10.1. The van der Waals surface area contributed by atoms with E-state index in [0.717, 1.165) is 16.7 Å². The highest BCUT2D eigenvalue weighted by molar-refractivity contribution is 7.98. The van der Waals surface area contributed by atoms with Crippen LogP contribution in [0.2, 0.25) is 0 Å². The third-order valence-corrected chi connectivity index (χ3v) is 4.99. The molecule has 0 aliphatic heterocycles. The Balaban J connectivity index is 1.69. The molecule has 7 heteroatoms. The molecule has 0 fully saturated rings. The molecule has 0 spiro atoms. The summed E-state index contributed by atoms with van der Waals surface area (Å²) in [5, 5.41) is 3.43. The summed E-state index contributed by atoms with van der Waals surface area (Å²) in [6, 6.07) is 15.0. The number of likely N-dealkylation sites (N-methyl/N-ethyl adjacent to an activating group) is 1. The molecule has 1 aromatic heterocycles. The lowest BCUT2D eigenvalue weighted by Gasteiger charge is -2.24. The van der Waals surface area contributed by atoms with Crippen LogP contribution < -0.4 is 5.32 Å². The van der Waals surface area contributed by atoms with Gasteiger partial charge in [-0.2, -0.15) is 0 Å². The van der Waals surface area contributed by atoms with Crippen LogP contribution in [-0.2, 0) is 10.5 Å². The Kier molecular flexibility index (Phi) is 6.27. The molecule has 152 valence electrons. The van der Waals surface area contributed by atoms with Gasteiger partial charge in [-0.15, -0.1) is 0 Å². The number of amides is 2. The first-order chi connectivity index (χ1) is 13.7. The molecule has 0 saturated carbocycles. The van der Waals surface area contributed by atoms with Gasteiger partial charge in [0.15, 0.2) is 5.58 Å². The van der Waals surface area contributed by atoms with Crippen LogP contribution in [0.3, 0.4) is 0 Å². The van der Waals surface area contributed by atoms with Gasteiger partial charge in [-0.25, -0.2) is 4.98 Å². The minimum Gasteiger partial charge on any atom is -0.431 e. The third kappa shape index (κ3) is 5.60. The topological polar surface area (TPSA) is 75.4 Å². The number of thioether (sulfide) groups is 1. The highest BCUT2D eigenvalue weighted by atomic mass is 32.2. The number of carbonyl (C=O) groups is 2. The van der Waals surface area contributed by atoms with Crippen LogP contribution in [0.5, 0.6) is 0 Å². The molecule has 2 aromatic carbocycles. The molecule has 0 bridgehead atoms. The zero-order valence-corrected chi connectivity index (χ0v) is 17.9. The van der Waals surface area contributed by atoms with Crippen molar-refractivity contribution in [3.8, 4) is 0 Å². The van der Waals surface area contributed by atoms with E-state index in [9.17, 15) is 9.59 Å². The van der Waals surface area contributed by atoms with Gasteiger partial charge in [0.05, 0.1) is 6.54 Å². The van der Waals surface area contributed by atoms with Crippen molar-refractivity contribution in [2.45, 2.75) is 37.3 Å².